The van der Waals surface area contributed by atoms with Gasteiger partial charge in [-0.15, -0.1) is 0 Å². The summed E-state index contributed by atoms with van der Waals surface area (Å²) >= 11 is 0. The fraction of sp³-hybridized carbons (Fsp3) is 1.00. The van der Waals surface area contributed by atoms with Gasteiger partial charge in [0, 0.05) is 99.2 Å². The van der Waals surface area contributed by atoms with Gasteiger partial charge in [-0.2, -0.15) is 0 Å². The molecule has 0 aromatic rings. The lowest BCUT2D eigenvalue weighted by atomic mass is 10.0. The van der Waals surface area contributed by atoms with Crippen LogP contribution >= 0.6 is 0 Å². The van der Waals surface area contributed by atoms with E-state index in [2.05, 4.69) is 55.4 Å². The lowest BCUT2D eigenvalue weighted by Gasteiger charge is -2.60. The third-order valence-electron chi connectivity index (χ3n) is 14.5. The lowest BCUT2D eigenvalue weighted by molar-refractivity contribution is 0.0926. The van der Waals surface area contributed by atoms with E-state index in [9.17, 15) is 0 Å². The van der Waals surface area contributed by atoms with Crippen molar-refractivity contribution in [1.29, 1.82) is 0 Å². The SMILES string of the molecule is CC(C)COCC[Si]1(C2CCCCC2)O[Si](CCOCC(C)C)(C2CCCCC2)O[Si](CCOCC(C)C)(C2CCCCC2)O[Si](CCOCC(C)C)(C2CCCCC2)O1. The van der Waals surface area contributed by atoms with Gasteiger partial charge < -0.3 is 35.4 Å². The Labute approximate surface area is 374 Å². The monoisotopic (exact) mass is 913 g/mol. The summed E-state index contributed by atoms with van der Waals surface area (Å²) < 4.78 is 61.5. The normalized spacial score (nSPS) is 31.4. The molecule has 0 spiro atoms. The van der Waals surface area contributed by atoms with E-state index in [1.54, 1.807) is 0 Å². The molecular formula is C48H96O8Si4. The third-order valence-corrected chi connectivity index (χ3v) is 36.4. The van der Waals surface area contributed by atoms with Crippen molar-refractivity contribution in [1.82, 2.24) is 0 Å². The van der Waals surface area contributed by atoms with Crippen LogP contribution in [-0.2, 0) is 35.4 Å². The summed E-state index contributed by atoms with van der Waals surface area (Å²) in [5.41, 5.74) is 1.72. The van der Waals surface area contributed by atoms with Crippen LogP contribution in [0.3, 0.4) is 0 Å². The van der Waals surface area contributed by atoms with E-state index in [-0.39, 0.29) is 0 Å². The molecule has 0 unspecified atom stereocenters. The maximum Gasteiger partial charge on any atom is 0.326 e. The maximum absolute atomic E-state index is 8.72. The molecule has 352 valence electrons. The fourth-order valence-corrected chi connectivity index (χ4v) is 40.1. The number of hydrogen-bond donors (Lipinski definition) is 0. The second-order valence-corrected chi connectivity index (χ2v) is 36.9. The highest BCUT2D eigenvalue weighted by Crippen LogP contribution is 2.57. The van der Waals surface area contributed by atoms with Crippen LogP contribution in [0.5, 0.6) is 0 Å². The first-order valence-corrected chi connectivity index (χ1v) is 34.4. The van der Waals surface area contributed by atoms with Crippen LogP contribution in [0.15, 0.2) is 0 Å². The van der Waals surface area contributed by atoms with Crippen molar-refractivity contribution in [3.8, 4) is 0 Å². The Balaban J connectivity index is 1.75. The van der Waals surface area contributed by atoms with Crippen molar-refractivity contribution in [3.05, 3.63) is 0 Å². The molecule has 1 saturated heterocycles. The van der Waals surface area contributed by atoms with Crippen LogP contribution in [0.2, 0.25) is 46.3 Å². The fourth-order valence-electron chi connectivity index (χ4n) is 11.4. The summed E-state index contributed by atoms with van der Waals surface area (Å²) in [4.78, 5) is 0. The van der Waals surface area contributed by atoms with E-state index < -0.39 is 34.2 Å². The molecule has 5 aliphatic rings. The Morgan fingerprint density at radius 3 is 0.667 bits per heavy atom. The number of hydrogen-bond acceptors (Lipinski definition) is 8. The van der Waals surface area contributed by atoms with Crippen molar-refractivity contribution in [3.63, 3.8) is 0 Å². The quantitative estimate of drug-likeness (QED) is 0.0700. The highest BCUT2D eigenvalue weighted by atomic mass is 28.5. The van der Waals surface area contributed by atoms with E-state index in [0.717, 1.165) is 50.6 Å². The summed E-state index contributed by atoms with van der Waals surface area (Å²) in [6.45, 7) is 24.1. The summed E-state index contributed by atoms with van der Waals surface area (Å²) in [5, 5.41) is 0. The van der Waals surface area contributed by atoms with Crippen molar-refractivity contribution >= 4 is 34.2 Å². The molecule has 0 bridgehead atoms. The third kappa shape index (κ3) is 15.3. The van der Waals surface area contributed by atoms with Crippen LogP contribution in [0.1, 0.15) is 184 Å². The van der Waals surface area contributed by atoms with E-state index in [1.807, 2.05) is 0 Å². The van der Waals surface area contributed by atoms with Gasteiger partial charge in [-0.3, -0.25) is 0 Å². The zero-order valence-corrected chi connectivity index (χ0v) is 44.5. The minimum absolute atomic E-state index is 0.429. The number of ether oxygens (including phenoxy) is 4. The molecule has 4 saturated carbocycles. The number of rotatable bonds is 24. The average molecular weight is 914 g/mol. The smallest absolute Gasteiger partial charge is 0.326 e. The Morgan fingerprint density at radius 2 is 0.500 bits per heavy atom. The van der Waals surface area contributed by atoms with Crippen molar-refractivity contribution in [2.24, 2.45) is 23.7 Å². The highest BCUT2D eigenvalue weighted by molar-refractivity contribution is 6.96. The molecule has 8 nitrogen and oxygen atoms in total. The summed E-state index contributed by atoms with van der Waals surface area (Å²) in [5.74, 6) is 1.97. The van der Waals surface area contributed by atoms with Crippen LogP contribution < -0.4 is 0 Å². The van der Waals surface area contributed by atoms with Gasteiger partial charge in [0.1, 0.15) is 0 Å². The molecule has 1 heterocycles. The van der Waals surface area contributed by atoms with Gasteiger partial charge in [0.15, 0.2) is 0 Å². The Morgan fingerprint density at radius 1 is 0.317 bits per heavy atom. The van der Waals surface area contributed by atoms with Crippen LogP contribution in [0.25, 0.3) is 0 Å². The van der Waals surface area contributed by atoms with Crippen molar-refractivity contribution < 1.29 is 35.4 Å². The van der Waals surface area contributed by atoms with Crippen LogP contribution in [0, 0.1) is 23.7 Å². The lowest BCUT2D eigenvalue weighted by Crippen LogP contribution is -2.74. The summed E-state index contributed by atoms with van der Waals surface area (Å²) in [7, 11) is -12.3. The van der Waals surface area contributed by atoms with Crippen LogP contribution in [0.4, 0.5) is 0 Å². The maximum atomic E-state index is 8.72. The summed E-state index contributed by atoms with van der Waals surface area (Å²) in [6.07, 6.45) is 24.9. The minimum Gasteiger partial charge on any atom is -0.415 e. The molecule has 5 rings (SSSR count). The second-order valence-electron chi connectivity index (χ2n) is 21.9. The first kappa shape index (κ1) is 51.5. The van der Waals surface area contributed by atoms with E-state index in [4.69, 9.17) is 35.4 Å². The Kier molecular flexibility index (Phi) is 22.4. The Bertz CT molecular complexity index is 967. The van der Waals surface area contributed by atoms with Crippen molar-refractivity contribution in [2.45, 2.75) is 230 Å². The molecule has 0 radical (unpaired) electrons. The van der Waals surface area contributed by atoms with Crippen molar-refractivity contribution in [2.75, 3.05) is 52.9 Å². The molecular weight excluding hydrogens is 817 g/mol. The summed E-state index contributed by atoms with van der Waals surface area (Å²) in [6, 6.07) is 3.54. The first-order chi connectivity index (χ1) is 28.9. The molecule has 5 fully saturated rings. The molecule has 1 aliphatic heterocycles. The molecule has 0 N–H and O–H groups in total. The highest BCUT2D eigenvalue weighted by Gasteiger charge is 2.68. The van der Waals surface area contributed by atoms with Gasteiger partial charge in [-0.05, 0) is 75.0 Å². The zero-order valence-electron chi connectivity index (χ0n) is 40.5. The molecule has 60 heavy (non-hydrogen) atoms. The zero-order chi connectivity index (χ0) is 42.9. The first-order valence-electron chi connectivity index (χ1n) is 26.0. The van der Waals surface area contributed by atoms with Gasteiger partial charge in [-0.25, -0.2) is 0 Å². The average Bonchev–Trinajstić information content (AvgIpc) is 3.24. The molecule has 0 atom stereocenters. The predicted octanol–water partition coefficient (Wildman–Crippen LogP) is 13.9. The van der Waals surface area contributed by atoms with E-state index in [1.165, 1.54) is 128 Å². The van der Waals surface area contributed by atoms with Gasteiger partial charge >= 0.3 is 34.2 Å². The van der Waals surface area contributed by atoms with Gasteiger partial charge in [0.25, 0.3) is 0 Å². The topological polar surface area (TPSA) is 73.8 Å². The van der Waals surface area contributed by atoms with Gasteiger partial charge in [-0.1, -0.05) is 132 Å². The molecule has 0 aromatic carbocycles. The largest absolute Gasteiger partial charge is 0.415 e. The van der Waals surface area contributed by atoms with E-state index in [0.29, 0.717) is 72.3 Å². The molecule has 0 amide bonds. The predicted molar refractivity (Wildman–Crippen MR) is 257 cm³/mol. The van der Waals surface area contributed by atoms with Gasteiger partial charge in [0.2, 0.25) is 0 Å². The molecule has 0 aromatic heterocycles. The van der Waals surface area contributed by atoms with E-state index >= 15 is 0 Å². The molecule has 12 heteroatoms. The Hall–Kier alpha value is 0.548. The minimum atomic E-state index is -3.08. The van der Waals surface area contributed by atoms with Crippen LogP contribution in [-0.4, -0.2) is 87.1 Å². The molecule has 4 aliphatic carbocycles. The second kappa shape index (κ2) is 26.0. The van der Waals surface area contributed by atoms with Gasteiger partial charge in [0.05, 0.1) is 0 Å². The standard InChI is InChI=1S/C48H96O8Si4/c1-41(2)37-49-29-33-57(45-21-13-9-14-22-45)53-58(34-30-50-38-42(3)4,46-23-15-10-16-24-46)55-60(36-32-52-40-44(7)8,48-27-19-12-20-28-48)56-59(54-57,35-31-51-39-43(5)6)47-25-17-11-18-26-47/h41-48H,9-40H2,1-8H3.